The van der Waals surface area contributed by atoms with Crippen molar-refractivity contribution < 1.29 is 4.79 Å². The Morgan fingerprint density at radius 3 is 2.32 bits per heavy atom. The van der Waals surface area contributed by atoms with Crippen molar-refractivity contribution in [3.05, 3.63) is 64.7 Å². The first kappa shape index (κ1) is 11.9. The van der Waals surface area contributed by atoms with Gasteiger partial charge in [-0.3, -0.25) is 0 Å². The van der Waals surface area contributed by atoms with Crippen LogP contribution in [0.25, 0.3) is 16.7 Å². The second-order valence-corrected chi connectivity index (χ2v) is 5.17. The molecule has 3 rings (SSSR count). The Balaban J connectivity index is 2.29. The number of fused-ring (bicyclic) bond motifs is 3. The van der Waals surface area contributed by atoms with Crippen molar-refractivity contribution in [1.82, 2.24) is 0 Å². The smallest absolute Gasteiger partial charge is 0.124 e. The van der Waals surface area contributed by atoms with E-state index >= 15 is 0 Å². The summed E-state index contributed by atoms with van der Waals surface area (Å²) in [5, 5.41) is 0. The Morgan fingerprint density at radius 2 is 1.63 bits per heavy atom. The number of carbonyl (C=O) groups excluding carboxylic acids is 1. The van der Waals surface area contributed by atoms with Crippen LogP contribution >= 0.6 is 0 Å². The topological polar surface area (TPSA) is 17.1 Å². The highest BCUT2D eigenvalue weighted by Gasteiger charge is 2.23. The van der Waals surface area contributed by atoms with Gasteiger partial charge < -0.3 is 4.79 Å². The van der Waals surface area contributed by atoms with Crippen molar-refractivity contribution in [2.24, 2.45) is 0 Å². The number of allylic oxidation sites excluding steroid dienone is 1. The first-order valence-electron chi connectivity index (χ1n) is 6.56. The lowest BCUT2D eigenvalue weighted by Gasteiger charge is -2.06. The van der Waals surface area contributed by atoms with Crippen LogP contribution in [-0.2, 0) is 11.2 Å². The molecule has 0 aliphatic heterocycles. The van der Waals surface area contributed by atoms with Crippen LogP contribution in [0.15, 0.2) is 48.0 Å². The summed E-state index contributed by atoms with van der Waals surface area (Å²) in [7, 11) is 0. The van der Waals surface area contributed by atoms with Gasteiger partial charge in [-0.25, -0.2) is 0 Å². The van der Waals surface area contributed by atoms with E-state index < -0.39 is 0 Å². The van der Waals surface area contributed by atoms with Gasteiger partial charge in [-0.1, -0.05) is 48.0 Å². The van der Waals surface area contributed by atoms with E-state index in [1.807, 2.05) is 0 Å². The first-order valence-corrected chi connectivity index (χ1v) is 6.56. The van der Waals surface area contributed by atoms with E-state index in [0.29, 0.717) is 6.42 Å². The lowest BCUT2D eigenvalue weighted by molar-refractivity contribution is -0.107. The molecule has 0 amide bonds. The molecule has 0 bridgehead atoms. The average molecular weight is 248 g/mol. The second-order valence-electron chi connectivity index (χ2n) is 5.17. The van der Waals surface area contributed by atoms with Gasteiger partial charge >= 0.3 is 0 Å². The van der Waals surface area contributed by atoms with Crippen LogP contribution in [0.4, 0.5) is 0 Å². The van der Waals surface area contributed by atoms with E-state index in [0.717, 1.165) is 11.8 Å². The highest BCUT2D eigenvalue weighted by Crippen LogP contribution is 2.45. The third kappa shape index (κ3) is 1.82. The normalized spacial score (nSPS) is 12.0. The lowest BCUT2D eigenvalue weighted by atomic mass is 9.98. The van der Waals surface area contributed by atoms with Gasteiger partial charge in [0.2, 0.25) is 0 Å². The largest absolute Gasteiger partial charge is 0.303 e. The molecule has 0 spiro atoms. The van der Waals surface area contributed by atoms with Gasteiger partial charge in [0.15, 0.2) is 0 Å². The molecule has 0 aromatic heterocycles. The molecule has 0 N–H and O–H groups in total. The third-order valence-corrected chi connectivity index (χ3v) is 3.66. The highest BCUT2D eigenvalue weighted by atomic mass is 16.1. The fourth-order valence-electron chi connectivity index (χ4n) is 2.88. The summed E-state index contributed by atoms with van der Waals surface area (Å²) in [6.45, 7) is 4.29. The van der Waals surface area contributed by atoms with Crippen LogP contribution in [-0.4, -0.2) is 6.29 Å². The van der Waals surface area contributed by atoms with Gasteiger partial charge in [0.05, 0.1) is 0 Å². The average Bonchev–Trinajstić information content (AvgIpc) is 2.72. The van der Waals surface area contributed by atoms with Crippen molar-refractivity contribution in [3.8, 4) is 11.1 Å². The number of hydrogen-bond donors (Lipinski definition) is 0. The molecule has 2 aromatic rings. The summed E-state index contributed by atoms with van der Waals surface area (Å²) >= 11 is 0. The Morgan fingerprint density at radius 1 is 0.947 bits per heavy atom. The van der Waals surface area contributed by atoms with Crippen molar-refractivity contribution in [3.63, 3.8) is 0 Å². The third-order valence-electron chi connectivity index (χ3n) is 3.66. The summed E-state index contributed by atoms with van der Waals surface area (Å²) < 4.78 is 0. The Hall–Kier alpha value is -2.15. The first-order chi connectivity index (χ1) is 9.22. The molecule has 0 radical (unpaired) electrons. The minimum atomic E-state index is 0.486. The van der Waals surface area contributed by atoms with Gasteiger partial charge in [-0.2, -0.15) is 0 Å². The molecule has 1 aliphatic rings. The summed E-state index contributed by atoms with van der Waals surface area (Å²) in [5.41, 5.74) is 8.86. The van der Waals surface area contributed by atoms with E-state index in [4.69, 9.17) is 0 Å². The van der Waals surface area contributed by atoms with Crippen LogP contribution in [0, 0.1) is 0 Å². The van der Waals surface area contributed by atoms with Gasteiger partial charge in [0.1, 0.15) is 6.29 Å². The van der Waals surface area contributed by atoms with E-state index in [1.54, 1.807) is 0 Å². The molecular weight excluding hydrogens is 232 g/mol. The lowest BCUT2D eigenvalue weighted by Crippen LogP contribution is -1.89. The summed E-state index contributed by atoms with van der Waals surface area (Å²) in [5.74, 6) is 0. The van der Waals surface area contributed by atoms with Gasteiger partial charge in [0, 0.05) is 6.42 Å². The molecule has 0 saturated heterocycles. The molecule has 1 heteroatoms. The molecule has 0 atom stereocenters. The summed E-state index contributed by atoms with van der Waals surface area (Å²) in [6.07, 6.45) is 1.45. The zero-order valence-corrected chi connectivity index (χ0v) is 11.2. The van der Waals surface area contributed by atoms with Crippen LogP contribution in [0.3, 0.4) is 0 Å². The van der Waals surface area contributed by atoms with E-state index in [-0.39, 0.29) is 0 Å². The monoisotopic (exact) mass is 248 g/mol. The van der Waals surface area contributed by atoms with Crippen molar-refractivity contribution >= 4 is 11.9 Å². The van der Waals surface area contributed by atoms with Crippen molar-refractivity contribution in [1.29, 1.82) is 0 Å². The van der Waals surface area contributed by atoms with Crippen LogP contribution in [0.5, 0.6) is 0 Å². The van der Waals surface area contributed by atoms with E-state index in [9.17, 15) is 4.79 Å². The summed E-state index contributed by atoms with van der Waals surface area (Å²) in [4.78, 5) is 10.7. The second kappa shape index (κ2) is 4.51. The van der Waals surface area contributed by atoms with Crippen molar-refractivity contribution in [2.45, 2.75) is 20.3 Å². The van der Waals surface area contributed by atoms with E-state index in [2.05, 4.69) is 56.3 Å². The fraction of sp³-hybridized carbons (Fsp3) is 0.167. The highest BCUT2D eigenvalue weighted by molar-refractivity contribution is 6.02. The maximum atomic E-state index is 10.7. The molecule has 2 aromatic carbocycles. The van der Waals surface area contributed by atoms with Crippen LogP contribution in [0.2, 0.25) is 0 Å². The molecule has 0 unspecified atom stereocenters. The fourth-order valence-corrected chi connectivity index (χ4v) is 2.88. The van der Waals surface area contributed by atoms with Gasteiger partial charge in [0.25, 0.3) is 0 Å². The maximum absolute atomic E-state index is 10.7. The van der Waals surface area contributed by atoms with Gasteiger partial charge in [-0.15, -0.1) is 0 Å². The van der Waals surface area contributed by atoms with E-state index in [1.165, 1.54) is 33.4 Å². The maximum Gasteiger partial charge on any atom is 0.124 e. The number of carbonyl (C=O) groups is 1. The molecule has 1 aliphatic carbocycles. The molecule has 0 heterocycles. The zero-order chi connectivity index (χ0) is 13.4. The molecule has 19 heavy (non-hydrogen) atoms. The number of rotatable bonds is 2. The molecule has 1 nitrogen and oxygen atoms in total. The van der Waals surface area contributed by atoms with Crippen LogP contribution < -0.4 is 0 Å². The minimum Gasteiger partial charge on any atom is -0.303 e. The van der Waals surface area contributed by atoms with Gasteiger partial charge in [-0.05, 0) is 47.2 Å². The molecule has 0 saturated carbocycles. The summed E-state index contributed by atoms with van der Waals surface area (Å²) in [6, 6.07) is 14.9. The molecule has 94 valence electrons. The SMILES string of the molecule is CC(C)=C1c2ccccc2-c2ccc(CC=O)cc21. The number of aldehydes is 1. The quantitative estimate of drug-likeness (QED) is 0.620. The van der Waals surface area contributed by atoms with Crippen LogP contribution in [0.1, 0.15) is 30.5 Å². The predicted octanol–water partition coefficient (Wildman–Crippen LogP) is 4.25. The standard InChI is InChI=1S/C18H16O/c1-12(2)18-16-6-4-3-5-14(16)15-8-7-13(9-10-19)11-17(15)18/h3-8,10-11H,9H2,1-2H3. The number of hydrogen-bond acceptors (Lipinski definition) is 1. The zero-order valence-electron chi connectivity index (χ0n) is 11.2. The molecular formula is C18H16O. The minimum absolute atomic E-state index is 0.486. The molecule has 0 fully saturated rings. The Kier molecular flexibility index (Phi) is 2.83. The number of benzene rings is 2. The Labute approximate surface area is 113 Å². The Bertz CT molecular complexity index is 689. The predicted molar refractivity (Wildman–Crippen MR) is 79.0 cm³/mol. The van der Waals surface area contributed by atoms with Crippen molar-refractivity contribution in [2.75, 3.05) is 0 Å².